The molecule has 0 aliphatic rings. The van der Waals surface area contributed by atoms with Gasteiger partial charge in [0.25, 0.3) is 5.91 Å². The molecule has 0 saturated heterocycles. The first kappa shape index (κ1) is 21.0. The van der Waals surface area contributed by atoms with Gasteiger partial charge in [0, 0.05) is 11.9 Å². The van der Waals surface area contributed by atoms with Crippen LogP contribution in [-0.4, -0.2) is 36.7 Å². The molecule has 6 nitrogen and oxygen atoms in total. The summed E-state index contributed by atoms with van der Waals surface area (Å²) in [5, 5.41) is 14.2. The zero-order valence-corrected chi connectivity index (χ0v) is 15.8. The van der Waals surface area contributed by atoms with Crippen molar-refractivity contribution in [3.63, 3.8) is 0 Å². The van der Waals surface area contributed by atoms with Crippen LogP contribution in [0.3, 0.4) is 0 Å². The molecule has 0 spiro atoms. The maximum absolute atomic E-state index is 12.2. The van der Waals surface area contributed by atoms with Gasteiger partial charge < -0.3 is 19.9 Å². The van der Waals surface area contributed by atoms with Gasteiger partial charge in [-0.1, -0.05) is 42.5 Å². The Kier molecular flexibility index (Phi) is 6.79. The Hall–Kier alpha value is -3.68. The van der Waals surface area contributed by atoms with Crippen LogP contribution in [0, 0.1) is 0 Å². The quantitative estimate of drug-likeness (QED) is 0.549. The van der Waals surface area contributed by atoms with Crippen LogP contribution >= 0.6 is 0 Å². The summed E-state index contributed by atoms with van der Waals surface area (Å²) in [6.45, 7) is -3.10. The van der Waals surface area contributed by atoms with E-state index in [9.17, 15) is 23.5 Å². The van der Waals surface area contributed by atoms with Gasteiger partial charge in [0.15, 0.2) is 6.61 Å². The second kappa shape index (κ2) is 9.69. The topological polar surface area (TPSA) is 84.9 Å². The average Bonchev–Trinajstić information content (AvgIpc) is 2.73. The second-order valence-electron chi connectivity index (χ2n) is 6.38. The minimum atomic E-state index is -2.88. The van der Waals surface area contributed by atoms with Crippen LogP contribution in [0.4, 0.5) is 8.78 Å². The van der Waals surface area contributed by atoms with E-state index in [1.54, 1.807) is 36.4 Å². The number of hydrogen-bond donors (Lipinski definition) is 2. The first-order chi connectivity index (χ1) is 14.4. The molecule has 2 N–H and O–H groups in total. The lowest BCUT2D eigenvalue weighted by atomic mass is 10.1. The van der Waals surface area contributed by atoms with Crippen LogP contribution in [0.5, 0.6) is 11.5 Å². The first-order valence-electron chi connectivity index (χ1n) is 9.12. The lowest BCUT2D eigenvalue weighted by Crippen LogP contribution is -2.30. The highest BCUT2D eigenvalue weighted by Gasteiger charge is 2.16. The number of benzene rings is 3. The number of halogens is 2. The Labute approximate surface area is 171 Å². The number of ether oxygens (including phenoxy) is 2. The third kappa shape index (κ3) is 5.44. The molecule has 156 valence electrons. The predicted molar refractivity (Wildman–Crippen MR) is 106 cm³/mol. The molecule has 0 unspecified atom stereocenters. The van der Waals surface area contributed by atoms with Gasteiger partial charge in [-0.3, -0.25) is 4.79 Å². The van der Waals surface area contributed by atoms with Gasteiger partial charge in [-0.2, -0.15) is 8.78 Å². The van der Waals surface area contributed by atoms with E-state index >= 15 is 0 Å². The highest BCUT2D eigenvalue weighted by molar-refractivity contribution is 6.01. The lowest BCUT2D eigenvalue weighted by molar-refractivity contribution is -0.124. The fourth-order valence-electron chi connectivity index (χ4n) is 2.86. The van der Waals surface area contributed by atoms with Crippen LogP contribution < -0.4 is 10.1 Å². The Bertz CT molecular complexity index is 1040. The van der Waals surface area contributed by atoms with E-state index in [2.05, 4.69) is 10.1 Å². The molecule has 3 aromatic rings. The van der Waals surface area contributed by atoms with E-state index in [0.29, 0.717) is 11.8 Å². The fourth-order valence-corrected chi connectivity index (χ4v) is 2.86. The molecule has 0 heterocycles. The number of esters is 1. The monoisotopic (exact) mass is 415 g/mol. The number of carbonyl (C=O) groups is 2. The first-order valence-corrected chi connectivity index (χ1v) is 9.12. The summed E-state index contributed by atoms with van der Waals surface area (Å²) in [7, 11) is 0. The normalized spacial score (nSPS) is 10.8. The van der Waals surface area contributed by atoms with E-state index in [1.807, 2.05) is 6.07 Å². The largest absolute Gasteiger partial charge is 0.506 e. The maximum atomic E-state index is 12.2. The zero-order valence-electron chi connectivity index (χ0n) is 15.8. The fraction of sp³-hybridized carbons (Fsp3) is 0.182. The highest BCUT2D eigenvalue weighted by atomic mass is 19.3. The number of phenolic OH excluding ortho intramolecular Hbond substituents is 1. The smallest absolute Gasteiger partial charge is 0.387 e. The number of alkyl halides is 2. The van der Waals surface area contributed by atoms with E-state index in [1.165, 1.54) is 18.2 Å². The SMILES string of the molecule is O=C(COC(=O)c1ccc2ccccc2c1O)NCCc1ccc(OC(F)F)cc1. The number of phenols is 1. The number of amides is 1. The van der Waals surface area contributed by atoms with Gasteiger partial charge >= 0.3 is 12.6 Å². The van der Waals surface area contributed by atoms with Crippen molar-refractivity contribution in [2.24, 2.45) is 0 Å². The molecule has 0 atom stereocenters. The Balaban J connectivity index is 1.45. The zero-order chi connectivity index (χ0) is 21.5. The lowest BCUT2D eigenvalue weighted by Gasteiger charge is -2.09. The molecular formula is C22H19F2NO5. The van der Waals surface area contributed by atoms with Crippen molar-refractivity contribution in [1.82, 2.24) is 5.32 Å². The number of fused-ring (bicyclic) bond motifs is 1. The Morgan fingerprint density at radius 1 is 1.00 bits per heavy atom. The van der Waals surface area contributed by atoms with Crippen molar-refractivity contribution in [3.8, 4) is 11.5 Å². The number of hydrogen-bond acceptors (Lipinski definition) is 5. The Morgan fingerprint density at radius 2 is 1.73 bits per heavy atom. The minimum absolute atomic E-state index is 0.0207. The molecule has 1 amide bonds. The third-order valence-electron chi connectivity index (χ3n) is 4.34. The van der Waals surface area contributed by atoms with Crippen molar-refractivity contribution in [3.05, 3.63) is 71.8 Å². The summed E-state index contributed by atoms with van der Waals surface area (Å²) < 4.78 is 33.5. The molecule has 3 rings (SSSR count). The van der Waals surface area contributed by atoms with Crippen LogP contribution in [0.15, 0.2) is 60.7 Å². The Morgan fingerprint density at radius 3 is 2.47 bits per heavy atom. The molecule has 3 aromatic carbocycles. The number of rotatable bonds is 8. The second-order valence-corrected chi connectivity index (χ2v) is 6.38. The molecule has 0 aliphatic carbocycles. The minimum Gasteiger partial charge on any atom is -0.506 e. The van der Waals surface area contributed by atoms with Gasteiger partial charge in [-0.05, 0) is 35.6 Å². The molecular weight excluding hydrogens is 396 g/mol. The highest BCUT2D eigenvalue weighted by Crippen LogP contribution is 2.28. The number of carbonyl (C=O) groups excluding carboxylic acids is 2. The van der Waals surface area contributed by atoms with Crippen LogP contribution in [0.25, 0.3) is 10.8 Å². The van der Waals surface area contributed by atoms with E-state index in [-0.39, 0.29) is 23.6 Å². The van der Waals surface area contributed by atoms with Gasteiger partial charge in [0.05, 0.1) is 0 Å². The average molecular weight is 415 g/mol. The molecule has 0 aliphatic heterocycles. The van der Waals surface area contributed by atoms with Crippen LogP contribution in [0.2, 0.25) is 0 Å². The van der Waals surface area contributed by atoms with Crippen molar-refractivity contribution >= 4 is 22.6 Å². The maximum Gasteiger partial charge on any atom is 0.387 e. The van der Waals surface area contributed by atoms with Gasteiger partial charge in [-0.15, -0.1) is 0 Å². The van der Waals surface area contributed by atoms with E-state index < -0.39 is 25.1 Å². The summed E-state index contributed by atoms with van der Waals surface area (Å²) in [5.74, 6) is -1.44. The summed E-state index contributed by atoms with van der Waals surface area (Å²) in [6, 6.07) is 16.2. The van der Waals surface area contributed by atoms with Crippen molar-refractivity contribution in [2.75, 3.05) is 13.2 Å². The third-order valence-corrected chi connectivity index (χ3v) is 4.34. The van der Waals surface area contributed by atoms with Crippen molar-refractivity contribution in [2.45, 2.75) is 13.0 Å². The molecule has 0 aromatic heterocycles. The van der Waals surface area contributed by atoms with Crippen LogP contribution in [-0.2, 0) is 16.0 Å². The summed E-state index contributed by atoms with van der Waals surface area (Å²) in [4.78, 5) is 24.1. The predicted octanol–water partition coefficient (Wildman–Crippen LogP) is 3.66. The molecule has 30 heavy (non-hydrogen) atoms. The van der Waals surface area contributed by atoms with Gasteiger partial charge in [0.2, 0.25) is 0 Å². The summed E-state index contributed by atoms with van der Waals surface area (Å²) in [6.07, 6.45) is 0.458. The van der Waals surface area contributed by atoms with E-state index in [0.717, 1.165) is 10.9 Å². The molecule has 0 bridgehead atoms. The number of aromatic hydroxyl groups is 1. The summed E-state index contributed by atoms with van der Waals surface area (Å²) in [5.41, 5.74) is 0.794. The summed E-state index contributed by atoms with van der Waals surface area (Å²) >= 11 is 0. The van der Waals surface area contributed by atoms with Crippen molar-refractivity contribution in [1.29, 1.82) is 0 Å². The number of nitrogens with one attached hydrogen (secondary N) is 1. The standard InChI is InChI=1S/C22H19F2NO5/c23-22(24)30-16-8-5-14(6-9-16)11-12-25-19(26)13-29-21(28)18-10-7-15-3-1-2-4-17(15)20(18)27/h1-10,22,27H,11-13H2,(H,25,26). The van der Waals surface area contributed by atoms with Gasteiger partial charge in [0.1, 0.15) is 17.1 Å². The van der Waals surface area contributed by atoms with Crippen LogP contribution in [0.1, 0.15) is 15.9 Å². The molecule has 8 heteroatoms. The van der Waals surface area contributed by atoms with Crippen molar-refractivity contribution < 1.29 is 33.0 Å². The molecule has 0 saturated carbocycles. The molecule has 0 radical (unpaired) electrons. The molecule has 0 fully saturated rings. The van der Waals surface area contributed by atoms with Gasteiger partial charge in [-0.25, -0.2) is 4.79 Å². The van der Waals surface area contributed by atoms with E-state index in [4.69, 9.17) is 4.74 Å².